The second-order valence-corrected chi connectivity index (χ2v) is 6.62. The highest BCUT2D eigenvalue weighted by Gasteiger charge is 2.45. The van der Waals surface area contributed by atoms with Crippen LogP contribution in [0.1, 0.15) is 64.8 Å². The molecule has 6 nitrogen and oxygen atoms in total. The molecule has 0 bridgehead atoms. The summed E-state index contributed by atoms with van der Waals surface area (Å²) in [6.07, 6.45) is -4.72. The Labute approximate surface area is 132 Å². The summed E-state index contributed by atoms with van der Waals surface area (Å²) in [6.45, 7) is 8.72. The lowest BCUT2D eigenvalue weighted by Crippen LogP contribution is -2.46. The number of fused-ring (bicyclic) bond motifs is 1. The summed E-state index contributed by atoms with van der Waals surface area (Å²) < 4.78 is 45.7. The van der Waals surface area contributed by atoms with Crippen molar-refractivity contribution in [3.8, 4) is 0 Å². The fraction of sp³-hybridized carbons (Fsp3) is 0.786. The molecule has 0 aromatic carbocycles. The van der Waals surface area contributed by atoms with Crippen LogP contribution in [0.5, 0.6) is 0 Å². The minimum atomic E-state index is -4.58. The van der Waals surface area contributed by atoms with Crippen LogP contribution in [0.2, 0.25) is 0 Å². The molecule has 2 heterocycles. The molecule has 9 heteroatoms. The molecular formula is C14H21F3N4O2. The summed E-state index contributed by atoms with van der Waals surface area (Å²) in [5.74, 6) is -0.892. The number of alkyl halides is 3. The van der Waals surface area contributed by atoms with Crippen LogP contribution in [0.3, 0.4) is 0 Å². The first-order chi connectivity index (χ1) is 10.5. The second-order valence-electron chi connectivity index (χ2n) is 6.62. The molecule has 1 aromatic rings. The lowest BCUT2D eigenvalue weighted by atomic mass is 10.1. The van der Waals surface area contributed by atoms with Crippen LogP contribution < -0.4 is 0 Å². The lowest BCUT2D eigenvalue weighted by Gasteiger charge is -2.39. The first-order valence-electron chi connectivity index (χ1n) is 7.47. The molecule has 0 N–H and O–H groups in total. The lowest BCUT2D eigenvalue weighted by molar-refractivity contribution is -0.149. The molecule has 1 aliphatic heterocycles. The second kappa shape index (κ2) is 5.68. The highest BCUT2D eigenvalue weighted by Crippen LogP contribution is 2.37. The zero-order chi connectivity index (χ0) is 17.6. The van der Waals surface area contributed by atoms with Crippen LogP contribution in [-0.2, 0) is 10.9 Å². The van der Waals surface area contributed by atoms with Gasteiger partial charge in [-0.3, -0.25) is 4.90 Å². The number of halogens is 3. The van der Waals surface area contributed by atoms with E-state index in [1.807, 2.05) is 0 Å². The number of hydrogen-bond acceptors (Lipinski definition) is 4. The Balaban J connectivity index is 2.39. The molecule has 23 heavy (non-hydrogen) atoms. The van der Waals surface area contributed by atoms with Crippen molar-refractivity contribution in [1.82, 2.24) is 19.7 Å². The van der Waals surface area contributed by atoms with Crippen LogP contribution >= 0.6 is 0 Å². The average Bonchev–Trinajstić information content (AvgIpc) is 2.82. The van der Waals surface area contributed by atoms with Crippen molar-refractivity contribution in [3.63, 3.8) is 0 Å². The van der Waals surface area contributed by atoms with E-state index in [1.165, 1.54) is 4.90 Å². The largest absolute Gasteiger partial charge is 0.451 e. The van der Waals surface area contributed by atoms with Gasteiger partial charge in [0.15, 0.2) is 5.82 Å². The smallest absolute Gasteiger partial charge is 0.444 e. The van der Waals surface area contributed by atoms with Crippen LogP contribution in [0.25, 0.3) is 0 Å². The number of ether oxygens (including phenoxy) is 1. The van der Waals surface area contributed by atoms with Crippen molar-refractivity contribution in [2.24, 2.45) is 0 Å². The molecule has 1 aromatic heterocycles. The van der Waals surface area contributed by atoms with Crippen molar-refractivity contribution in [1.29, 1.82) is 0 Å². The fourth-order valence-corrected chi connectivity index (χ4v) is 2.61. The van der Waals surface area contributed by atoms with Crippen molar-refractivity contribution >= 4 is 6.09 Å². The fourth-order valence-electron chi connectivity index (χ4n) is 2.61. The Kier molecular flexibility index (Phi) is 4.34. The predicted molar refractivity (Wildman–Crippen MR) is 75.7 cm³/mol. The number of carbonyl (C=O) groups excluding carboxylic acids is 1. The molecule has 1 amide bonds. The maximum Gasteiger partial charge on any atom is 0.451 e. The topological polar surface area (TPSA) is 60.3 Å². The Morgan fingerprint density at radius 1 is 1.30 bits per heavy atom. The van der Waals surface area contributed by atoms with Crippen LogP contribution in [-0.4, -0.2) is 37.9 Å². The maximum atomic E-state index is 13.1. The molecule has 0 aliphatic carbocycles. The molecule has 2 unspecified atom stereocenters. The number of nitrogens with zero attached hydrogens (tertiary/aromatic N) is 4. The average molecular weight is 334 g/mol. The summed E-state index contributed by atoms with van der Waals surface area (Å²) in [5, 5.41) is 6.97. The SMILES string of the molecule is CCC1CN(C(=O)OC(C)(C)C)C(C)c2nnc(C(F)(F)F)n21. The minimum absolute atomic E-state index is 0.126. The summed E-state index contributed by atoms with van der Waals surface area (Å²) in [4.78, 5) is 13.7. The van der Waals surface area contributed by atoms with Crippen LogP contribution in [0, 0.1) is 0 Å². The molecule has 0 saturated heterocycles. The third kappa shape index (κ3) is 3.42. The van der Waals surface area contributed by atoms with E-state index in [0.29, 0.717) is 6.42 Å². The van der Waals surface area contributed by atoms with Gasteiger partial charge in [0.2, 0.25) is 5.82 Å². The van der Waals surface area contributed by atoms with Gasteiger partial charge in [-0.1, -0.05) is 6.92 Å². The molecule has 2 atom stereocenters. The van der Waals surface area contributed by atoms with Crippen molar-refractivity contribution in [2.75, 3.05) is 6.54 Å². The minimum Gasteiger partial charge on any atom is -0.444 e. The standard InChI is InChI=1S/C14H21F3N4O2/c1-6-9-7-20(12(22)23-13(3,4)5)8(2)10-18-19-11(21(9)10)14(15,16)17/h8-9H,6-7H2,1-5H3. The van der Waals surface area contributed by atoms with E-state index in [-0.39, 0.29) is 12.4 Å². The van der Waals surface area contributed by atoms with E-state index < -0.39 is 35.8 Å². The van der Waals surface area contributed by atoms with E-state index >= 15 is 0 Å². The van der Waals surface area contributed by atoms with Crippen molar-refractivity contribution in [3.05, 3.63) is 11.6 Å². The monoisotopic (exact) mass is 334 g/mol. The van der Waals surface area contributed by atoms with E-state index in [0.717, 1.165) is 4.57 Å². The van der Waals surface area contributed by atoms with Gasteiger partial charge >= 0.3 is 12.3 Å². The molecule has 2 rings (SSSR count). The van der Waals surface area contributed by atoms with Crippen molar-refractivity contribution < 1.29 is 22.7 Å². The van der Waals surface area contributed by atoms with Gasteiger partial charge in [-0.05, 0) is 34.1 Å². The van der Waals surface area contributed by atoms with Crippen LogP contribution in [0.4, 0.5) is 18.0 Å². The van der Waals surface area contributed by atoms with Gasteiger partial charge in [-0.2, -0.15) is 13.2 Å². The maximum absolute atomic E-state index is 13.1. The molecule has 0 spiro atoms. The number of carbonyl (C=O) groups is 1. The van der Waals surface area contributed by atoms with Crippen molar-refractivity contribution in [2.45, 2.75) is 64.9 Å². The molecule has 1 aliphatic rings. The highest BCUT2D eigenvalue weighted by atomic mass is 19.4. The number of hydrogen-bond donors (Lipinski definition) is 0. The summed E-state index contributed by atoms with van der Waals surface area (Å²) in [7, 11) is 0. The highest BCUT2D eigenvalue weighted by molar-refractivity contribution is 5.69. The number of aromatic nitrogens is 3. The van der Waals surface area contributed by atoms with E-state index in [9.17, 15) is 18.0 Å². The zero-order valence-corrected chi connectivity index (χ0v) is 13.8. The zero-order valence-electron chi connectivity index (χ0n) is 13.8. The third-order valence-corrected chi connectivity index (χ3v) is 3.69. The van der Waals surface area contributed by atoms with E-state index in [2.05, 4.69) is 10.2 Å². The predicted octanol–water partition coefficient (Wildman–Crippen LogP) is 3.56. The molecular weight excluding hydrogens is 313 g/mol. The molecule has 0 fully saturated rings. The normalized spacial score (nSPS) is 22.0. The first-order valence-corrected chi connectivity index (χ1v) is 7.47. The Bertz CT molecular complexity index is 592. The van der Waals surface area contributed by atoms with Gasteiger partial charge in [0.1, 0.15) is 5.60 Å². The Morgan fingerprint density at radius 2 is 1.91 bits per heavy atom. The van der Waals surface area contributed by atoms with E-state index in [4.69, 9.17) is 4.74 Å². The number of rotatable bonds is 1. The van der Waals surface area contributed by atoms with Gasteiger partial charge in [-0.25, -0.2) is 4.79 Å². The Morgan fingerprint density at radius 3 is 2.39 bits per heavy atom. The molecule has 0 saturated carbocycles. The van der Waals surface area contributed by atoms with Crippen LogP contribution in [0.15, 0.2) is 0 Å². The first kappa shape index (κ1) is 17.6. The number of amides is 1. The Hall–Kier alpha value is -1.80. The quantitative estimate of drug-likeness (QED) is 0.788. The molecule has 0 radical (unpaired) electrons. The van der Waals surface area contributed by atoms with Gasteiger partial charge < -0.3 is 9.30 Å². The van der Waals surface area contributed by atoms with Gasteiger partial charge in [0, 0.05) is 6.54 Å². The van der Waals surface area contributed by atoms with Gasteiger partial charge in [0.25, 0.3) is 0 Å². The summed E-state index contributed by atoms with van der Waals surface area (Å²) in [5.41, 5.74) is -0.680. The van der Waals surface area contributed by atoms with Gasteiger partial charge in [-0.15, -0.1) is 10.2 Å². The van der Waals surface area contributed by atoms with E-state index in [1.54, 1.807) is 34.6 Å². The summed E-state index contributed by atoms with van der Waals surface area (Å²) in [6, 6.07) is -1.18. The molecule has 130 valence electrons. The van der Waals surface area contributed by atoms with Gasteiger partial charge in [0.05, 0.1) is 12.1 Å². The summed E-state index contributed by atoms with van der Waals surface area (Å²) >= 11 is 0. The third-order valence-electron chi connectivity index (χ3n) is 3.69.